The van der Waals surface area contributed by atoms with Gasteiger partial charge in [0.2, 0.25) is 0 Å². The fourth-order valence-corrected chi connectivity index (χ4v) is 18.9. The first kappa shape index (κ1) is 62.3. The van der Waals surface area contributed by atoms with Gasteiger partial charge in [0, 0.05) is 0 Å². The van der Waals surface area contributed by atoms with Crippen LogP contribution < -0.4 is 26.5 Å². The molecule has 412 valence electrons. The summed E-state index contributed by atoms with van der Waals surface area (Å²) in [5.41, 5.74) is 0. The molecule has 0 bridgehead atoms. The number of unbranched alkanes of at least 4 members (excludes halogenated alkanes) is 2. The molecule has 0 N–H and O–H groups in total. The normalized spacial score (nSPS) is 12.7. The van der Waals surface area contributed by atoms with Crippen LogP contribution in [0.4, 0.5) is 0 Å². The Bertz CT molecular complexity index is 3220. The van der Waals surface area contributed by atoms with Crippen molar-refractivity contribution in [3.8, 4) is 0 Å². The summed E-state index contributed by atoms with van der Waals surface area (Å²) >= 11 is 0. The topological polar surface area (TPSA) is 0 Å². The molecule has 2 aliphatic rings. The molecule has 79 heavy (non-hydrogen) atoms. The number of hydrogen-bond donors (Lipinski definition) is 0. The van der Waals surface area contributed by atoms with Gasteiger partial charge in [-0.05, 0) is 168 Å². The molecule has 10 aromatic carbocycles. The standard InChI is InChI=1S/C18H25P.C16H21P.C14H17P.2C10H9P.C6H10/c1-3-5-14-19(15-6-4-2)18-13-9-11-16-10-7-8-12-17(16)18;1-3-12-17(13-4-2)16-11-7-9-14-8-5-6-10-15(14)16;1-3-15(4-2)14-11-7-9-12-8-5-6-10-13(12)14;2*11-10-7-3-5-8-4-1-2-6-9(8)10;1-2-5(1)6-3-4-6/h7-13H,3-6,14-15H2,1-2H3;5-11H,3-4,12-13H2,1-2H3;5-11H,3-4H2,1-2H3;2*1-7H,11H2;5-6H,1-4H2. The SMILES string of the molecule is C1CC1C1CC1.CCCCP(CCCC)c1cccc2ccccc12.CCCP(CCC)c1cccc2ccccc12.CCP(CC)c1cccc2ccccc12.Pc1cccc2ccccc12.Pc1cccc2ccccc12. The Kier molecular flexibility index (Phi) is 26.9. The lowest BCUT2D eigenvalue weighted by molar-refractivity contribution is 0.716. The Hall–Kier alpha value is -4.35. The smallest absolute Gasteiger partial charge is 0.0107 e. The predicted molar refractivity (Wildman–Crippen MR) is 374 cm³/mol. The van der Waals surface area contributed by atoms with Crippen LogP contribution in [0, 0.1) is 11.8 Å². The van der Waals surface area contributed by atoms with Gasteiger partial charge in [-0.2, -0.15) is 0 Å². The van der Waals surface area contributed by atoms with E-state index in [1.807, 2.05) is 0 Å². The second-order valence-corrected chi connectivity index (χ2v) is 30.1. The lowest BCUT2D eigenvalue weighted by atomic mass is 10.1. The van der Waals surface area contributed by atoms with Crippen molar-refractivity contribution in [1.82, 2.24) is 0 Å². The molecule has 0 aliphatic heterocycles. The molecule has 0 amide bonds. The van der Waals surface area contributed by atoms with Crippen LogP contribution in [0.1, 0.15) is 106 Å². The van der Waals surface area contributed by atoms with Gasteiger partial charge in [-0.1, -0.05) is 303 Å². The van der Waals surface area contributed by atoms with E-state index in [2.05, 4.69) is 272 Å². The van der Waals surface area contributed by atoms with Crippen molar-refractivity contribution in [3.05, 3.63) is 212 Å². The summed E-state index contributed by atoms with van der Waals surface area (Å²) in [6, 6.07) is 76.2. The van der Waals surface area contributed by atoms with Gasteiger partial charge in [0.1, 0.15) is 0 Å². The van der Waals surface area contributed by atoms with Crippen LogP contribution in [-0.2, 0) is 0 Å². The molecule has 5 heteroatoms. The molecular formula is C74H91P5. The third-order valence-corrected chi connectivity index (χ3v) is 24.6. The molecule has 2 unspecified atom stereocenters. The Morgan fingerprint density at radius 1 is 0.291 bits per heavy atom. The maximum absolute atomic E-state index is 2.74. The maximum atomic E-state index is 2.74. The Labute approximate surface area is 486 Å². The molecule has 0 spiro atoms. The molecule has 2 atom stereocenters. The minimum atomic E-state index is 0.0327. The van der Waals surface area contributed by atoms with E-state index in [0.29, 0.717) is 0 Å². The average molecular weight is 1140 g/mol. The number of rotatable bonds is 16. The van der Waals surface area contributed by atoms with Crippen LogP contribution in [0.25, 0.3) is 53.9 Å². The minimum absolute atomic E-state index is 0.0327. The van der Waals surface area contributed by atoms with E-state index in [-0.39, 0.29) is 23.8 Å². The van der Waals surface area contributed by atoms with Crippen LogP contribution in [0.5, 0.6) is 0 Å². The summed E-state index contributed by atoms with van der Waals surface area (Å²) in [7, 11) is 5.61. The molecular weight excluding hydrogens is 1040 g/mol. The van der Waals surface area contributed by atoms with Crippen molar-refractivity contribution in [2.45, 2.75) is 106 Å². The maximum Gasteiger partial charge on any atom is -0.0107 e. The first-order valence-corrected chi connectivity index (χ1v) is 36.3. The van der Waals surface area contributed by atoms with Crippen LogP contribution in [0.2, 0.25) is 0 Å². The van der Waals surface area contributed by atoms with Crippen LogP contribution in [-0.4, -0.2) is 37.0 Å². The first-order valence-electron chi connectivity index (χ1n) is 30.0. The summed E-state index contributed by atoms with van der Waals surface area (Å²) < 4.78 is 0. The van der Waals surface area contributed by atoms with Crippen LogP contribution in [0.3, 0.4) is 0 Å². The Morgan fingerprint density at radius 2 is 0.557 bits per heavy atom. The number of benzene rings is 10. The van der Waals surface area contributed by atoms with Crippen molar-refractivity contribution in [1.29, 1.82) is 0 Å². The van der Waals surface area contributed by atoms with Crippen LogP contribution in [0.15, 0.2) is 212 Å². The van der Waals surface area contributed by atoms with Gasteiger partial charge in [-0.25, -0.2) is 0 Å². The monoisotopic (exact) mass is 1130 g/mol. The lowest BCUT2D eigenvalue weighted by Crippen LogP contribution is -2.08. The third kappa shape index (κ3) is 19.1. The zero-order chi connectivity index (χ0) is 55.6. The molecule has 0 heterocycles. The number of fused-ring (bicyclic) bond motifs is 5. The van der Waals surface area contributed by atoms with Crippen molar-refractivity contribution >= 4 is 123 Å². The highest BCUT2D eigenvalue weighted by Gasteiger charge is 2.37. The summed E-state index contributed by atoms with van der Waals surface area (Å²) in [6.45, 7) is 13.8. The zero-order valence-electron chi connectivity index (χ0n) is 48.7. The van der Waals surface area contributed by atoms with E-state index < -0.39 is 0 Å². The van der Waals surface area contributed by atoms with E-state index in [1.165, 1.54) is 152 Å². The van der Waals surface area contributed by atoms with Gasteiger partial charge in [0.05, 0.1) is 0 Å². The van der Waals surface area contributed by atoms with E-state index in [0.717, 1.165) is 0 Å². The van der Waals surface area contributed by atoms with E-state index in [9.17, 15) is 0 Å². The molecule has 2 saturated carbocycles. The van der Waals surface area contributed by atoms with Crippen molar-refractivity contribution in [2.75, 3.05) is 37.0 Å². The summed E-state index contributed by atoms with van der Waals surface area (Å²) in [6.07, 6.45) is 22.4. The highest BCUT2D eigenvalue weighted by Crippen LogP contribution is 2.49. The van der Waals surface area contributed by atoms with Crippen LogP contribution >= 0.6 is 42.2 Å². The molecule has 0 aromatic heterocycles. The largest absolute Gasteiger partial charge is 0.105 e. The zero-order valence-corrected chi connectivity index (χ0v) is 53.7. The molecule has 2 fully saturated rings. The van der Waals surface area contributed by atoms with Gasteiger partial charge in [0.25, 0.3) is 0 Å². The molecule has 10 aromatic rings. The van der Waals surface area contributed by atoms with E-state index >= 15 is 0 Å². The summed E-state index contributed by atoms with van der Waals surface area (Å²) in [5.74, 6) is 2.43. The van der Waals surface area contributed by atoms with Crippen molar-refractivity contribution in [2.24, 2.45) is 11.8 Å². The first-order chi connectivity index (χ1) is 38.8. The molecule has 0 radical (unpaired) electrons. The average Bonchev–Trinajstić information content (AvgIpc) is 4.47. The second-order valence-electron chi connectivity index (χ2n) is 21.2. The molecule has 0 saturated heterocycles. The predicted octanol–water partition coefficient (Wildman–Crippen LogP) is 20.8. The van der Waals surface area contributed by atoms with Crippen molar-refractivity contribution in [3.63, 3.8) is 0 Å². The van der Waals surface area contributed by atoms with Gasteiger partial charge in [-0.3, -0.25) is 0 Å². The highest BCUT2D eigenvalue weighted by molar-refractivity contribution is 7.66. The fourth-order valence-electron chi connectivity index (χ4n) is 10.6. The third-order valence-electron chi connectivity index (χ3n) is 15.2. The van der Waals surface area contributed by atoms with E-state index in [1.54, 1.807) is 41.6 Å². The quantitative estimate of drug-likeness (QED) is 0.0846. The number of hydrogen-bond acceptors (Lipinski definition) is 0. The van der Waals surface area contributed by atoms with Gasteiger partial charge >= 0.3 is 0 Å². The summed E-state index contributed by atoms with van der Waals surface area (Å²) in [4.78, 5) is 0. The highest BCUT2D eigenvalue weighted by atomic mass is 31.1. The fraction of sp³-hybridized carbons (Fsp3) is 0.324. The van der Waals surface area contributed by atoms with Gasteiger partial charge in [0.15, 0.2) is 0 Å². The van der Waals surface area contributed by atoms with Gasteiger partial charge < -0.3 is 0 Å². The van der Waals surface area contributed by atoms with E-state index in [4.69, 9.17) is 0 Å². The Morgan fingerprint density at radius 3 is 0.848 bits per heavy atom. The molecule has 12 rings (SSSR count). The second kappa shape index (κ2) is 34.2. The summed E-state index contributed by atoms with van der Waals surface area (Å²) in [5, 5.41) is 21.2. The molecule has 2 aliphatic carbocycles. The van der Waals surface area contributed by atoms with Gasteiger partial charge in [-0.15, -0.1) is 18.5 Å². The minimum Gasteiger partial charge on any atom is -0.105 e. The lowest BCUT2D eigenvalue weighted by Gasteiger charge is -2.19. The van der Waals surface area contributed by atoms with Crippen molar-refractivity contribution < 1.29 is 0 Å². The Balaban J connectivity index is 0.000000141. The molecule has 0 nitrogen and oxygen atoms in total.